The lowest BCUT2D eigenvalue weighted by Gasteiger charge is -2.39. The van der Waals surface area contributed by atoms with Crippen molar-refractivity contribution in [1.29, 1.82) is 5.26 Å². The largest absolute Gasteiger partial charge is 0.378 e. The summed E-state index contributed by atoms with van der Waals surface area (Å²) in [5.41, 5.74) is 2.14. The van der Waals surface area contributed by atoms with Crippen molar-refractivity contribution in [2.75, 3.05) is 50.8 Å². The molecule has 0 spiro atoms. The van der Waals surface area contributed by atoms with Crippen LogP contribution in [-0.2, 0) is 14.8 Å². The topological polar surface area (TPSA) is 107 Å². The van der Waals surface area contributed by atoms with Crippen LogP contribution in [0.4, 0.5) is 5.82 Å². The molecule has 1 unspecified atom stereocenters. The van der Waals surface area contributed by atoms with E-state index in [4.69, 9.17) is 10.00 Å². The van der Waals surface area contributed by atoms with Gasteiger partial charge in [0.25, 0.3) is 5.91 Å². The number of amides is 1. The van der Waals surface area contributed by atoms with Crippen LogP contribution in [-0.4, -0.2) is 80.5 Å². The van der Waals surface area contributed by atoms with Crippen molar-refractivity contribution in [3.63, 3.8) is 0 Å². The molecule has 9 nitrogen and oxygen atoms in total. The van der Waals surface area contributed by atoms with Crippen LogP contribution in [0, 0.1) is 25.2 Å². The predicted octanol–water partition coefficient (Wildman–Crippen LogP) is 1.94. The Hall–Kier alpha value is -3.00. The summed E-state index contributed by atoms with van der Waals surface area (Å²) in [7, 11) is -3.73. The number of morpholine rings is 1. The van der Waals surface area contributed by atoms with Gasteiger partial charge in [0.1, 0.15) is 5.82 Å². The van der Waals surface area contributed by atoms with Crippen LogP contribution in [0.5, 0.6) is 0 Å². The molecule has 1 aromatic carbocycles. The summed E-state index contributed by atoms with van der Waals surface area (Å²) in [4.78, 5) is 22.0. The second-order valence-corrected chi connectivity index (χ2v) is 10.6. The summed E-state index contributed by atoms with van der Waals surface area (Å²) in [6.07, 6.45) is 0. The van der Waals surface area contributed by atoms with Crippen molar-refractivity contribution in [2.24, 2.45) is 0 Å². The standard InChI is InChI=1S/C24H29N5O4S/c1-17-14-20(15-25)4-6-22(17)34(31,32)28-8-9-29(18(2)16-28)24(30)21-5-7-23(26-19(21)3)27-10-12-33-13-11-27/h4-7,14,18H,8-13,16H2,1-3H3. The van der Waals surface area contributed by atoms with E-state index in [0.29, 0.717) is 42.1 Å². The van der Waals surface area contributed by atoms with Crippen molar-refractivity contribution >= 4 is 21.7 Å². The average molecular weight is 484 g/mol. The fourth-order valence-corrected chi connectivity index (χ4v) is 6.21. The van der Waals surface area contributed by atoms with E-state index in [0.717, 1.165) is 18.9 Å². The molecule has 10 heteroatoms. The Morgan fingerprint density at radius 3 is 2.47 bits per heavy atom. The van der Waals surface area contributed by atoms with Crippen molar-refractivity contribution < 1.29 is 17.9 Å². The number of benzene rings is 1. The number of pyridine rings is 1. The van der Waals surface area contributed by atoms with Gasteiger partial charge in [-0.2, -0.15) is 9.57 Å². The summed E-state index contributed by atoms with van der Waals surface area (Å²) in [6, 6.07) is 9.98. The number of ether oxygens (including phenoxy) is 1. The SMILES string of the molecule is Cc1cc(C#N)ccc1S(=O)(=O)N1CCN(C(=O)c2ccc(N3CCOCC3)nc2C)C(C)C1. The number of piperazine rings is 1. The molecule has 2 fully saturated rings. The molecule has 0 bridgehead atoms. The Morgan fingerprint density at radius 1 is 1.12 bits per heavy atom. The van der Waals surface area contributed by atoms with Gasteiger partial charge in [0, 0.05) is 38.8 Å². The minimum Gasteiger partial charge on any atom is -0.378 e. The first-order valence-corrected chi connectivity index (χ1v) is 12.8. The highest BCUT2D eigenvalue weighted by Crippen LogP contribution is 2.25. The molecule has 3 heterocycles. The first-order chi connectivity index (χ1) is 16.2. The van der Waals surface area contributed by atoms with E-state index >= 15 is 0 Å². The Kier molecular flexibility index (Phi) is 6.89. The second kappa shape index (κ2) is 9.70. The van der Waals surface area contributed by atoms with Crippen LogP contribution in [0.2, 0.25) is 0 Å². The van der Waals surface area contributed by atoms with Gasteiger partial charge in [-0.05, 0) is 56.7 Å². The fourth-order valence-electron chi connectivity index (χ4n) is 4.49. The lowest BCUT2D eigenvalue weighted by molar-refractivity contribution is 0.0590. The molecule has 1 aromatic heterocycles. The minimum absolute atomic E-state index is 0.141. The molecule has 4 rings (SSSR count). The van der Waals surface area contributed by atoms with Crippen LogP contribution in [0.3, 0.4) is 0 Å². The van der Waals surface area contributed by atoms with Crippen LogP contribution < -0.4 is 4.90 Å². The zero-order valence-corrected chi connectivity index (χ0v) is 20.5. The molecule has 0 saturated carbocycles. The Labute approximate surface area is 200 Å². The van der Waals surface area contributed by atoms with E-state index in [1.54, 1.807) is 17.9 Å². The molecule has 2 aliphatic rings. The molecular weight excluding hydrogens is 454 g/mol. The molecule has 0 N–H and O–H groups in total. The first-order valence-electron chi connectivity index (χ1n) is 11.3. The van der Waals surface area contributed by atoms with Gasteiger partial charge in [0.05, 0.1) is 41.0 Å². The summed E-state index contributed by atoms with van der Waals surface area (Å²) in [5.74, 6) is 0.691. The van der Waals surface area contributed by atoms with E-state index in [2.05, 4.69) is 9.88 Å². The third-order valence-corrected chi connectivity index (χ3v) is 8.43. The third-order valence-electron chi connectivity index (χ3n) is 6.41. The molecule has 1 atom stereocenters. The van der Waals surface area contributed by atoms with E-state index in [1.807, 2.05) is 32.0 Å². The highest BCUT2D eigenvalue weighted by Gasteiger charge is 2.35. The smallest absolute Gasteiger partial charge is 0.256 e. The molecule has 0 aliphatic carbocycles. The number of aryl methyl sites for hydroxylation is 2. The predicted molar refractivity (Wildman–Crippen MR) is 127 cm³/mol. The molecule has 1 amide bonds. The number of sulfonamides is 1. The number of hydrogen-bond acceptors (Lipinski definition) is 7. The van der Waals surface area contributed by atoms with Gasteiger partial charge >= 0.3 is 0 Å². The van der Waals surface area contributed by atoms with Crippen molar-refractivity contribution in [2.45, 2.75) is 31.7 Å². The Balaban J connectivity index is 1.48. The summed E-state index contributed by atoms with van der Waals surface area (Å²) < 4.78 is 33.3. The number of nitriles is 1. The fraction of sp³-hybridized carbons (Fsp3) is 0.458. The normalized spacial score (nSPS) is 19.6. The van der Waals surface area contributed by atoms with Crippen LogP contribution in [0.1, 0.15) is 34.1 Å². The quantitative estimate of drug-likeness (QED) is 0.654. The third kappa shape index (κ3) is 4.64. The summed E-state index contributed by atoms with van der Waals surface area (Å²) >= 11 is 0. The van der Waals surface area contributed by atoms with Gasteiger partial charge in [0.15, 0.2) is 0 Å². The molecular formula is C24H29N5O4S. The van der Waals surface area contributed by atoms with Gasteiger partial charge in [-0.1, -0.05) is 0 Å². The summed E-state index contributed by atoms with van der Waals surface area (Å²) in [5, 5.41) is 9.06. The molecule has 180 valence electrons. The molecule has 34 heavy (non-hydrogen) atoms. The lowest BCUT2D eigenvalue weighted by atomic mass is 10.1. The molecule has 2 saturated heterocycles. The zero-order valence-electron chi connectivity index (χ0n) is 19.7. The number of hydrogen-bond donors (Lipinski definition) is 0. The van der Waals surface area contributed by atoms with Crippen LogP contribution in [0.25, 0.3) is 0 Å². The number of carbonyl (C=O) groups is 1. The number of anilines is 1. The number of aromatic nitrogens is 1. The highest BCUT2D eigenvalue weighted by atomic mass is 32.2. The van der Waals surface area contributed by atoms with Gasteiger partial charge in [-0.15, -0.1) is 0 Å². The lowest BCUT2D eigenvalue weighted by Crippen LogP contribution is -2.55. The molecule has 2 aliphatic heterocycles. The Bertz CT molecular complexity index is 1230. The average Bonchev–Trinajstić information content (AvgIpc) is 2.83. The van der Waals surface area contributed by atoms with Crippen molar-refractivity contribution in [3.05, 3.63) is 52.7 Å². The zero-order chi connectivity index (χ0) is 24.5. The van der Waals surface area contributed by atoms with Gasteiger partial charge < -0.3 is 14.5 Å². The van der Waals surface area contributed by atoms with Crippen molar-refractivity contribution in [1.82, 2.24) is 14.2 Å². The van der Waals surface area contributed by atoms with Gasteiger partial charge in [-0.25, -0.2) is 13.4 Å². The maximum absolute atomic E-state index is 13.3. The van der Waals surface area contributed by atoms with E-state index in [-0.39, 0.29) is 29.9 Å². The monoisotopic (exact) mass is 483 g/mol. The summed E-state index contributed by atoms with van der Waals surface area (Å²) in [6.45, 7) is 8.93. The van der Waals surface area contributed by atoms with E-state index in [1.165, 1.54) is 16.4 Å². The first kappa shape index (κ1) is 24.1. The maximum atomic E-state index is 13.3. The highest BCUT2D eigenvalue weighted by molar-refractivity contribution is 7.89. The Morgan fingerprint density at radius 2 is 1.85 bits per heavy atom. The maximum Gasteiger partial charge on any atom is 0.256 e. The molecule has 0 radical (unpaired) electrons. The van der Waals surface area contributed by atoms with E-state index < -0.39 is 10.0 Å². The minimum atomic E-state index is -3.73. The van der Waals surface area contributed by atoms with Gasteiger partial charge in [0.2, 0.25) is 10.0 Å². The van der Waals surface area contributed by atoms with Crippen molar-refractivity contribution in [3.8, 4) is 6.07 Å². The van der Waals surface area contributed by atoms with Crippen LogP contribution in [0.15, 0.2) is 35.2 Å². The second-order valence-electron chi connectivity index (χ2n) is 8.70. The van der Waals surface area contributed by atoms with Gasteiger partial charge in [-0.3, -0.25) is 4.79 Å². The number of rotatable bonds is 4. The van der Waals surface area contributed by atoms with Crippen LogP contribution >= 0.6 is 0 Å². The number of carbonyl (C=O) groups excluding carboxylic acids is 1. The van der Waals surface area contributed by atoms with E-state index in [9.17, 15) is 13.2 Å². The number of nitrogens with zero attached hydrogens (tertiary/aromatic N) is 5. The molecule has 2 aromatic rings.